The average Bonchev–Trinajstić information content (AvgIpc) is 2.37. The minimum Gasteiger partial charge on any atom is -0.328 e. The Balaban J connectivity index is 2.92. The number of hydrogen-bond donors (Lipinski definition) is 1. The van der Waals surface area contributed by atoms with Crippen LogP contribution in [0.4, 0.5) is 10.5 Å². The molecular weight excluding hydrogens is 226 g/mol. The van der Waals surface area contributed by atoms with Crippen LogP contribution in [0.3, 0.4) is 0 Å². The smallest absolute Gasteiger partial charge is 0.321 e. The van der Waals surface area contributed by atoms with E-state index in [2.05, 4.69) is 17.1 Å². The number of hydrogen-bond acceptors (Lipinski definition) is 2. The van der Waals surface area contributed by atoms with Crippen molar-refractivity contribution < 1.29 is 4.79 Å². The minimum atomic E-state index is -0.0732. The van der Waals surface area contributed by atoms with Crippen LogP contribution in [0, 0.1) is 0 Å². The molecule has 0 spiro atoms. The number of nitrogens with one attached hydrogen (secondary N) is 1. The third-order valence-electron chi connectivity index (χ3n) is 3.25. The van der Waals surface area contributed by atoms with Gasteiger partial charge in [-0.05, 0) is 39.6 Å². The van der Waals surface area contributed by atoms with Gasteiger partial charge in [0.05, 0.1) is 0 Å². The molecule has 1 aromatic rings. The lowest BCUT2D eigenvalue weighted by molar-refractivity contribution is 0.224. The van der Waals surface area contributed by atoms with Crippen molar-refractivity contribution in [1.82, 2.24) is 9.80 Å². The van der Waals surface area contributed by atoms with Crippen LogP contribution in [0.15, 0.2) is 24.3 Å². The quantitative estimate of drug-likeness (QED) is 0.890. The van der Waals surface area contributed by atoms with Crippen molar-refractivity contribution in [3.8, 4) is 0 Å². The van der Waals surface area contributed by atoms with E-state index in [0.717, 1.165) is 11.3 Å². The molecule has 1 rings (SSSR count). The molecule has 0 radical (unpaired) electrons. The van der Waals surface area contributed by atoms with E-state index in [1.165, 1.54) is 0 Å². The van der Waals surface area contributed by atoms with Gasteiger partial charge in [-0.1, -0.05) is 18.2 Å². The number of amides is 2. The van der Waals surface area contributed by atoms with Crippen molar-refractivity contribution in [2.45, 2.75) is 19.9 Å². The zero-order chi connectivity index (χ0) is 13.7. The van der Waals surface area contributed by atoms with Crippen LogP contribution in [-0.4, -0.2) is 43.5 Å². The van der Waals surface area contributed by atoms with Crippen LogP contribution in [-0.2, 0) is 0 Å². The summed E-state index contributed by atoms with van der Waals surface area (Å²) in [4.78, 5) is 15.7. The lowest BCUT2D eigenvalue weighted by Gasteiger charge is -2.24. The highest BCUT2D eigenvalue weighted by Gasteiger charge is 2.14. The van der Waals surface area contributed by atoms with Gasteiger partial charge in [-0.3, -0.25) is 0 Å². The van der Waals surface area contributed by atoms with Crippen molar-refractivity contribution in [1.29, 1.82) is 0 Å². The van der Waals surface area contributed by atoms with Crippen molar-refractivity contribution in [3.05, 3.63) is 29.8 Å². The maximum Gasteiger partial charge on any atom is 0.321 e. The SMILES string of the molecule is CCN(C)C(=O)Nc1ccccc1[C@H](C)N(C)C. The summed E-state index contributed by atoms with van der Waals surface area (Å²) in [6.45, 7) is 4.76. The van der Waals surface area contributed by atoms with Crippen LogP contribution in [0.5, 0.6) is 0 Å². The number of para-hydroxylation sites is 1. The summed E-state index contributed by atoms with van der Waals surface area (Å²) in [5.74, 6) is 0. The molecule has 0 saturated heterocycles. The standard InChI is InChI=1S/C14H23N3O/c1-6-17(5)14(18)15-13-10-8-7-9-12(13)11(2)16(3)4/h7-11H,6H2,1-5H3,(H,15,18)/t11-/m0/s1. The first-order valence-corrected chi connectivity index (χ1v) is 6.24. The summed E-state index contributed by atoms with van der Waals surface area (Å²) in [6.07, 6.45) is 0. The van der Waals surface area contributed by atoms with Crippen LogP contribution in [0.1, 0.15) is 25.5 Å². The monoisotopic (exact) mass is 249 g/mol. The van der Waals surface area contributed by atoms with E-state index in [1.54, 1.807) is 11.9 Å². The molecule has 0 aliphatic heterocycles. The molecule has 0 saturated carbocycles. The molecule has 18 heavy (non-hydrogen) atoms. The molecule has 0 aliphatic carbocycles. The Morgan fingerprint density at radius 3 is 2.44 bits per heavy atom. The van der Waals surface area contributed by atoms with Gasteiger partial charge >= 0.3 is 6.03 Å². The van der Waals surface area contributed by atoms with Crippen molar-refractivity contribution in [2.24, 2.45) is 0 Å². The van der Waals surface area contributed by atoms with Gasteiger partial charge in [0.15, 0.2) is 0 Å². The van der Waals surface area contributed by atoms with E-state index in [0.29, 0.717) is 6.54 Å². The fourth-order valence-electron chi connectivity index (χ4n) is 1.61. The molecule has 0 fully saturated rings. The lowest BCUT2D eigenvalue weighted by Crippen LogP contribution is -2.31. The first kappa shape index (κ1) is 14.5. The molecule has 1 aromatic carbocycles. The van der Waals surface area contributed by atoms with E-state index < -0.39 is 0 Å². The molecule has 0 unspecified atom stereocenters. The molecule has 4 nitrogen and oxygen atoms in total. The number of nitrogens with zero attached hydrogens (tertiary/aromatic N) is 2. The zero-order valence-corrected chi connectivity index (χ0v) is 11.9. The minimum absolute atomic E-state index is 0.0732. The predicted molar refractivity (Wildman–Crippen MR) is 75.9 cm³/mol. The molecule has 0 aromatic heterocycles. The number of urea groups is 1. The number of anilines is 1. The summed E-state index contributed by atoms with van der Waals surface area (Å²) in [5, 5.41) is 2.96. The highest BCUT2D eigenvalue weighted by molar-refractivity contribution is 5.90. The molecule has 100 valence electrons. The van der Waals surface area contributed by atoms with Crippen molar-refractivity contribution in [3.63, 3.8) is 0 Å². The first-order chi connectivity index (χ1) is 8.47. The summed E-state index contributed by atoms with van der Waals surface area (Å²) in [5.41, 5.74) is 2.00. The second kappa shape index (κ2) is 6.40. The number of carbonyl (C=O) groups is 1. The Labute approximate surface area is 110 Å². The largest absolute Gasteiger partial charge is 0.328 e. The predicted octanol–water partition coefficient (Wildman–Crippen LogP) is 2.79. The summed E-state index contributed by atoms with van der Waals surface area (Å²) in [6, 6.07) is 8.11. The molecular formula is C14H23N3O. The van der Waals surface area contributed by atoms with Gasteiger partial charge in [0.2, 0.25) is 0 Å². The molecule has 2 amide bonds. The van der Waals surface area contributed by atoms with E-state index in [-0.39, 0.29) is 12.1 Å². The fraction of sp³-hybridized carbons (Fsp3) is 0.500. The van der Waals surface area contributed by atoms with Crippen LogP contribution in [0.25, 0.3) is 0 Å². The van der Waals surface area contributed by atoms with Gasteiger partial charge < -0.3 is 15.1 Å². The number of benzene rings is 1. The Kier molecular flexibility index (Phi) is 5.16. The Morgan fingerprint density at radius 1 is 1.28 bits per heavy atom. The van der Waals surface area contributed by atoms with E-state index in [1.807, 2.05) is 45.3 Å². The Bertz CT molecular complexity index is 404. The highest BCUT2D eigenvalue weighted by Crippen LogP contribution is 2.25. The van der Waals surface area contributed by atoms with Crippen molar-refractivity contribution >= 4 is 11.7 Å². The molecule has 1 atom stereocenters. The van der Waals surface area contributed by atoms with Crippen LogP contribution < -0.4 is 5.32 Å². The molecule has 4 heteroatoms. The second-order valence-electron chi connectivity index (χ2n) is 4.67. The van der Waals surface area contributed by atoms with Crippen molar-refractivity contribution in [2.75, 3.05) is 33.0 Å². The summed E-state index contributed by atoms with van der Waals surface area (Å²) in [7, 11) is 5.84. The summed E-state index contributed by atoms with van der Waals surface area (Å²) < 4.78 is 0. The highest BCUT2D eigenvalue weighted by atomic mass is 16.2. The summed E-state index contributed by atoms with van der Waals surface area (Å²) >= 11 is 0. The van der Waals surface area contributed by atoms with Gasteiger partial charge in [-0.2, -0.15) is 0 Å². The van der Waals surface area contributed by atoms with E-state index >= 15 is 0 Å². The van der Waals surface area contributed by atoms with E-state index in [4.69, 9.17) is 0 Å². The molecule has 1 N–H and O–H groups in total. The molecule has 0 heterocycles. The second-order valence-corrected chi connectivity index (χ2v) is 4.67. The average molecular weight is 249 g/mol. The Hall–Kier alpha value is -1.55. The third-order valence-corrected chi connectivity index (χ3v) is 3.25. The van der Waals surface area contributed by atoms with Gasteiger partial charge in [-0.15, -0.1) is 0 Å². The van der Waals surface area contributed by atoms with Gasteiger partial charge in [0.1, 0.15) is 0 Å². The van der Waals surface area contributed by atoms with Gasteiger partial charge in [0.25, 0.3) is 0 Å². The lowest BCUT2D eigenvalue weighted by atomic mass is 10.1. The maximum absolute atomic E-state index is 11.9. The first-order valence-electron chi connectivity index (χ1n) is 6.24. The molecule has 0 bridgehead atoms. The van der Waals surface area contributed by atoms with E-state index in [9.17, 15) is 4.79 Å². The number of carbonyl (C=O) groups excluding carboxylic acids is 1. The molecule has 0 aliphatic rings. The fourth-order valence-corrected chi connectivity index (χ4v) is 1.61. The van der Waals surface area contributed by atoms with Crippen LogP contribution >= 0.6 is 0 Å². The van der Waals surface area contributed by atoms with Gasteiger partial charge in [0, 0.05) is 25.3 Å². The maximum atomic E-state index is 11.9. The third kappa shape index (κ3) is 3.47. The topological polar surface area (TPSA) is 35.6 Å². The normalized spacial score (nSPS) is 12.3. The van der Waals surface area contributed by atoms with Crippen LogP contribution in [0.2, 0.25) is 0 Å². The number of rotatable bonds is 4. The Morgan fingerprint density at radius 2 is 1.89 bits per heavy atom. The van der Waals surface area contributed by atoms with Gasteiger partial charge in [-0.25, -0.2) is 4.79 Å². The zero-order valence-electron chi connectivity index (χ0n) is 11.9.